The molecule has 16 heteroatoms. The first kappa shape index (κ1) is 38.5. The van der Waals surface area contributed by atoms with Crippen LogP contribution in [0, 0.1) is 17.1 Å². The molecule has 0 bridgehead atoms. The van der Waals surface area contributed by atoms with Crippen molar-refractivity contribution in [2.75, 3.05) is 57.4 Å². The van der Waals surface area contributed by atoms with Crippen molar-refractivity contribution in [3.63, 3.8) is 0 Å². The highest BCUT2D eigenvalue weighted by Gasteiger charge is 2.48. The Balaban J connectivity index is 1.36. The molecule has 292 valence electrons. The number of likely N-dealkylation sites (N-methyl/N-ethyl adjacent to an activating group) is 1. The van der Waals surface area contributed by atoms with Crippen LogP contribution in [0.15, 0.2) is 72.8 Å². The van der Waals surface area contributed by atoms with Gasteiger partial charge in [-0.25, -0.2) is 9.07 Å². The van der Waals surface area contributed by atoms with Crippen molar-refractivity contribution in [2.24, 2.45) is 0 Å². The van der Waals surface area contributed by atoms with Gasteiger partial charge in [0, 0.05) is 55.8 Å². The average Bonchev–Trinajstić information content (AvgIpc) is 3.84. The molecule has 3 atom stereocenters. The lowest BCUT2D eigenvalue weighted by Gasteiger charge is -2.38. The lowest BCUT2D eigenvalue weighted by molar-refractivity contribution is -0.137. The first-order valence-corrected chi connectivity index (χ1v) is 18.4. The summed E-state index contributed by atoms with van der Waals surface area (Å²) in [6.45, 7) is 5.95. The monoisotopic (exact) mass is 773 g/mol. The van der Waals surface area contributed by atoms with Crippen molar-refractivity contribution in [3.8, 4) is 17.5 Å². The Morgan fingerprint density at radius 1 is 1.04 bits per heavy atom. The van der Waals surface area contributed by atoms with E-state index in [0.29, 0.717) is 62.3 Å². The van der Waals surface area contributed by atoms with E-state index >= 15 is 0 Å². The van der Waals surface area contributed by atoms with Crippen LogP contribution >= 0.6 is 0 Å². The number of nitrogens with zero attached hydrogens (tertiary/aromatic N) is 6. The Kier molecular flexibility index (Phi) is 11.1. The molecular formula is C40H39F4N7O5. The number of amides is 3. The number of rotatable bonds is 10. The van der Waals surface area contributed by atoms with E-state index in [9.17, 15) is 37.2 Å². The standard InChI is InChI=1S/C40H39F4N7O5/c1-2-49-37-33(32(25-11-13-28(41)14-12-25)34(38(49)53)46-36(52)26-6-3-7-27(22-26)40(42,43)44)35(39(54)50-15-5-9-30(50)24-45)47-51(37)29-8-4-10-31(23-29)56-21-18-48-16-19-55-20-17-48/h3-4,6-8,10-14,22-23,30,32,34H,2,5,9,15-21H2,1H3,(H,46,52)/t30-,32+,34+/m0/s1. The number of halogens is 4. The van der Waals surface area contributed by atoms with Crippen LogP contribution in [0.3, 0.4) is 0 Å². The molecule has 56 heavy (non-hydrogen) atoms. The maximum Gasteiger partial charge on any atom is 0.416 e. The number of carbonyl (C=O) groups excluding carboxylic acids is 3. The lowest BCUT2D eigenvalue weighted by Crippen LogP contribution is -2.55. The molecule has 1 N–H and O–H groups in total. The second-order valence-corrected chi connectivity index (χ2v) is 13.7. The van der Waals surface area contributed by atoms with Gasteiger partial charge in [0.15, 0.2) is 5.69 Å². The van der Waals surface area contributed by atoms with Gasteiger partial charge in [-0.1, -0.05) is 24.3 Å². The van der Waals surface area contributed by atoms with Crippen LogP contribution in [0.4, 0.5) is 23.4 Å². The number of aromatic nitrogens is 2. The molecule has 0 radical (unpaired) electrons. The number of carbonyl (C=O) groups is 3. The van der Waals surface area contributed by atoms with E-state index in [4.69, 9.17) is 14.6 Å². The highest BCUT2D eigenvalue weighted by atomic mass is 19.4. The third kappa shape index (κ3) is 7.69. The summed E-state index contributed by atoms with van der Waals surface area (Å²) in [5, 5.41) is 17.4. The zero-order chi connectivity index (χ0) is 39.6. The summed E-state index contributed by atoms with van der Waals surface area (Å²) in [4.78, 5) is 48.0. The third-order valence-electron chi connectivity index (χ3n) is 10.3. The zero-order valence-electron chi connectivity index (χ0n) is 30.5. The Hall–Kier alpha value is -5.79. The molecule has 2 fully saturated rings. The molecule has 3 amide bonds. The van der Waals surface area contributed by atoms with Crippen molar-refractivity contribution in [1.29, 1.82) is 5.26 Å². The first-order chi connectivity index (χ1) is 27.0. The van der Waals surface area contributed by atoms with E-state index in [2.05, 4.69) is 16.3 Å². The van der Waals surface area contributed by atoms with E-state index in [-0.39, 0.29) is 35.7 Å². The van der Waals surface area contributed by atoms with E-state index in [1.807, 2.05) is 0 Å². The zero-order valence-corrected chi connectivity index (χ0v) is 30.5. The van der Waals surface area contributed by atoms with Crippen LogP contribution in [0.25, 0.3) is 5.69 Å². The van der Waals surface area contributed by atoms with Crippen molar-refractivity contribution in [3.05, 3.63) is 107 Å². The molecule has 2 saturated heterocycles. The molecular weight excluding hydrogens is 734 g/mol. The largest absolute Gasteiger partial charge is 0.492 e. The van der Waals surface area contributed by atoms with Gasteiger partial charge in [-0.15, -0.1) is 0 Å². The average molecular weight is 774 g/mol. The molecule has 3 aliphatic heterocycles. The van der Waals surface area contributed by atoms with Crippen LogP contribution in [-0.2, 0) is 15.7 Å². The minimum Gasteiger partial charge on any atom is -0.492 e. The van der Waals surface area contributed by atoms with Gasteiger partial charge in [-0.2, -0.15) is 23.5 Å². The van der Waals surface area contributed by atoms with Gasteiger partial charge in [-0.3, -0.25) is 24.2 Å². The Morgan fingerprint density at radius 2 is 1.79 bits per heavy atom. The van der Waals surface area contributed by atoms with E-state index in [1.54, 1.807) is 31.2 Å². The highest BCUT2D eigenvalue weighted by Crippen LogP contribution is 2.45. The van der Waals surface area contributed by atoms with E-state index in [0.717, 1.165) is 25.2 Å². The molecule has 3 aliphatic rings. The number of morpholine rings is 1. The SMILES string of the molecule is CCN1C(=O)[C@H](NC(=O)c2cccc(C(F)(F)F)c2)[C@H](c2ccc(F)cc2)c2c(C(=O)N3CCC[C@H]3C#N)nn(-c3cccc(OCCN4CCOCC4)c3)c21. The molecule has 1 aromatic heterocycles. The predicted octanol–water partition coefficient (Wildman–Crippen LogP) is 5.17. The van der Waals surface area contributed by atoms with E-state index < -0.39 is 53.3 Å². The van der Waals surface area contributed by atoms with Gasteiger partial charge in [-0.05, 0) is 67.8 Å². The first-order valence-electron chi connectivity index (χ1n) is 18.4. The molecule has 3 aromatic carbocycles. The fraction of sp³-hybridized carbons (Fsp3) is 0.375. The molecule has 0 aliphatic carbocycles. The third-order valence-corrected chi connectivity index (χ3v) is 10.3. The maximum absolute atomic E-state index is 14.7. The maximum atomic E-state index is 14.7. The molecule has 0 unspecified atom stereocenters. The normalized spacial score (nSPS) is 20.1. The molecule has 4 aromatic rings. The van der Waals surface area contributed by atoms with Crippen LogP contribution in [0.5, 0.6) is 5.75 Å². The smallest absolute Gasteiger partial charge is 0.416 e. The van der Waals surface area contributed by atoms with Gasteiger partial charge < -0.3 is 19.7 Å². The topological polar surface area (TPSA) is 133 Å². The quantitative estimate of drug-likeness (QED) is 0.219. The number of benzene rings is 3. The summed E-state index contributed by atoms with van der Waals surface area (Å²) in [6.07, 6.45) is -3.70. The summed E-state index contributed by atoms with van der Waals surface area (Å²) in [5.74, 6) is -3.22. The van der Waals surface area contributed by atoms with Gasteiger partial charge in [0.25, 0.3) is 17.7 Å². The van der Waals surface area contributed by atoms with Gasteiger partial charge in [0.2, 0.25) is 0 Å². The van der Waals surface area contributed by atoms with Crippen molar-refractivity contribution < 1.29 is 41.4 Å². The van der Waals surface area contributed by atoms with Gasteiger partial charge >= 0.3 is 6.18 Å². The van der Waals surface area contributed by atoms with E-state index in [1.165, 1.54) is 44.8 Å². The van der Waals surface area contributed by atoms with Crippen molar-refractivity contribution >= 4 is 23.5 Å². The number of ether oxygens (including phenoxy) is 2. The molecule has 0 saturated carbocycles. The van der Waals surface area contributed by atoms with Crippen LogP contribution in [-0.4, -0.2) is 102 Å². The van der Waals surface area contributed by atoms with Gasteiger partial charge in [0.1, 0.15) is 36.1 Å². The van der Waals surface area contributed by atoms with Crippen molar-refractivity contribution in [1.82, 2.24) is 24.9 Å². The van der Waals surface area contributed by atoms with Gasteiger partial charge in [0.05, 0.1) is 30.5 Å². The second kappa shape index (κ2) is 16.1. The Morgan fingerprint density at radius 3 is 2.50 bits per heavy atom. The molecule has 4 heterocycles. The lowest BCUT2D eigenvalue weighted by atomic mass is 9.80. The fourth-order valence-electron chi connectivity index (χ4n) is 7.53. The number of hydrogen-bond donors (Lipinski definition) is 1. The van der Waals surface area contributed by atoms with Crippen LogP contribution in [0.1, 0.15) is 63.2 Å². The fourth-order valence-corrected chi connectivity index (χ4v) is 7.53. The summed E-state index contributed by atoms with van der Waals surface area (Å²) in [6, 6.07) is 16.0. The second-order valence-electron chi connectivity index (χ2n) is 13.7. The van der Waals surface area contributed by atoms with Crippen LogP contribution < -0.4 is 15.0 Å². The number of nitriles is 1. The van der Waals surface area contributed by atoms with Crippen molar-refractivity contribution in [2.45, 2.75) is 43.9 Å². The molecule has 12 nitrogen and oxygen atoms in total. The summed E-state index contributed by atoms with van der Waals surface area (Å²) < 4.78 is 68.3. The number of likely N-dealkylation sites (tertiary alicyclic amines) is 1. The highest BCUT2D eigenvalue weighted by molar-refractivity contribution is 6.07. The van der Waals surface area contributed by atoms with Crippen LogP contribution in [0.2, 0.25) is 0 Å². The molecule has 7 rings (SSSR count). The summed E-state index contributed by atoms with van der Waals surface area (Å²) >= 11 is 0. The minimum atomic E-state index is -4.73. The number of nitrogens with one attached hydrogen (secondary N) is 1. The number of fused-ring (bicyclic) bond motifs is 1. The molecule has 0 spiro atoms. The minimum absolute atomic E-state index is 0.0392. The number of alkyl halides is 3. The summed E-state index contributed by atoms with van der Waals surface area (Å²) in [5.41, 5.74) is -0.493. The summed E-state index contributed by atoms with van der Waals surface area (Å²) in [7, 11) is 0. The Labute approximate surface area is 320 Å². The number of hydrogen-bond acceptors (Lipinski definition) is 8. The number of anilines is 1. The predicted molar refractivity (Wildman–Crippen MR) is 195 cm³/mol. The Bertz CT molecular complexity index is 2150.